The van der Waals surface area contributed by atoms with Gasteiger partial charge in [-0.05, 0) is 25.1 Å². The molecule has 3 N–H and O–H groups in total. The number of nitrogens with one attached hydrogen (secondary N) is 1. The lowest BCUT2D eigenvalue weighted by Gasteiger charge is -2.09. The first-order valence-electron chi connectivity index (χ1n) is 5.60. The molecule has 2 aromatic rings. The van der Waals surface area contributed by atoms with E-state index in [-0.39, 0.29) is 0 Å². The van der Waals surface area contributed by atoms with Crippen molar-refractivity contribution in [2.24, 2.45) is 0 Å². The number of hydrogen-bond acceptors (Lipinski definition) is 4. The van der Waals surface area contributed by atoms with Crippen molar-refractivity contribution in [3.8, 4) is 5.75 Å². The Hall–Kier alpha value is -1.94. The van der Waals surface area contributed by atoms with E-state index < -0.39 is 0 Å². The van der Waals surface area contributed by atoms with Crippen LogP contribution in [0.5, 0.6) is 5.75 Å². The highest BCUT2D eigenvalue weighted by Gasteiger charge is 2.03. The molecule has 0 aliphatic carbocycles. The molecule has 1 aromatic carbocycles. The van der Waals surface area contributed by atoms with Gasteiger partial charge in [-0.25, -0.2) is 4.98 Å². The van der Waals surface area contributed by atoms with Gasteiger partial charge >= 0.3 is 0 Å². The molecule has 1 aromatic heterocycles. The zero-order valence-corrected chi connectivity index (χ0v) is 10.7. The minimum absolute atomic E-state index is 0.483. The van der Waals surface area contributed by atoms with Crippen LogP contribution in [0.3, 0.4) is 0 Å². The summed E-state index contributed by atoms with van der Waals surface area (Å²) in [6.45, 7) is 2.57. The molecule has 0 amide bonds. The van der Waals surface area contributed by atoms with Gasteiger partial charge in [0.25, 0.3) is 0 Å². The van der Waals surface area contributed by atoms with Gasteiger partial charge in [-0.1, -0.05) is 17.7 Å². The van der Waals surface area contributed by atoms with Gasteiger partial charge in [-0.3, -0.25) is 0 Å². The van der Waals surface area contributed by atoms with E-state index in [9.17, 15) is 0 Å². The third kappa shape index (κ3) is 3.05. The zero-order chi connectivity index (χ0) is 13.0. The predicted molar refractivity (Wildman–Crippen MR) is 74.6 cm³/mol. The Morgan fingerprint density at radius 1 is 1.39 bits per heavy atom. The Bertz CT molecular complexity index is 546. The van der Waals surface area contributed by atoms with Crippen molar-refractivity contribution in [3.63, 3.8) is 0 Å². The Kier molecular flexibility index (Phi) is 3.89. The normalized spacial score (nSPS) is 10.1. The van der Waals surface area contributed by atoms with Crippen LogP contribution in [0.1, 0.15) is 6.92 Å². The van der Waals surface area contributed by atoms with Crippen LogP contribution in [-0.4, -0.2) is 11.6 Å². The summed E-state index contributed by atoms with van der Waals surface area (Å²) in [6, 6.07) is 9.25. The van der Waals surface area contributed by atoms with Gasteiger partial charge in [0.15, 0.2) is 0 Å². The fraction of sp³-hybridized carbons (Fsp3) is 0.154. The van der Waals surface area contributed by atoms with Crippen molar-refractivity contribution in [1.82, 2.24) is 4.98 Å². The summed E-state index contributed by atoms with van der Waals surface area (Å²) < 4.78 is 5.42. The van der Waals surface area contributed by atoms with E-state index in [0.29, 0.717) is 23.1 Å². The summed E-state index contributed by atoms with van der Waals surface area (Å²) in [6.07, 6.45) is 1.56. The van der Waals surface area contributed by atoms with Crippen molar-refractivity contribution in [2.45, 2.75) is 6.92 Å². The number of hydrogen-bond donors (Lipinski definition) is 2. The van der Waals surface area contributed by atoms with Crippen molar-refractivity contribution < 1.29 is 4.74 Å². The number of nitrogens with zero attached hydrogens (tertiary/aromatic N) is 1. The molecule has 0 unspecified atom stereocenters. The molecule has 0 aliphatic heterocycles. The maximum absolute atomic E-state index is 6.04. The summed E-state index contributed by atoms with van der Waals surface area (Å²) in [5.74, 6) is 1.37. The van der Waals surface area contributed by atoms with E-state index in [2.05, 4.69) is 10.3 Å². The van der Waals surface area contributed by atoms with Crippen LogP contribution in [0, 0.1) is 0 Å². The summed E-state index contributed by atoms with van der Waals surface area (Å²) in [5, 5.41) is 3.60. The maximum Gasteiger partial charge on any atom is 0.149 e. The lowest BCUT2D eigenvalue weighted by Crippen LogP contribution is -1.97. The summed E-state index contributed by atoms with van der Waals surface area (Å²) in [4.78, 5) is 4.14. The Labute approximate surface area is 111 Å². The Morgan fingerprint density at radius 3 is 2.94 bits per heavy atom. The molecule has 2 rings (SSSR count). The zero-order valence-electron chi connectivity index (χ0n) is 9.98. The molecule has 5 heteroatoms. The molecule has 0 saturated carbocycles. The first kappa shape index (κ1) is 12.5. The molecule has 0 atom stereocenters. The lowest BCUT2D eigenvalue weighted by molar-refractivity contribution is 0.340. The molecule has 0 saturated heterocycles. The third-order valence-corrected chi connectivity index (χ3v) is 2.56. The van der Waals surface area contributed by atoms with E-state index >= 15 is 0 Å². The SMILES string of the molecule is CCOc1cccc(Nc2ncc(N)cc2Cl)c1. The van der Waals surface area contributed by atoms with E-state index in [4.69, 9.17) is 22.1 Å². The first-order valence-corrected chi connectivity index (χ1v) is 5.97. The lowest BCUT2D eigenvalue weighted by atomic mass is 10.3. The number of ether oxygens (including phenoxy) is 1. The van der Waals surface area contributed by atoms with Crippen LogP contribution in [0.15, 0.2) is 36.5 Å². The average molecular weight is 264 g/mol. The molecule has 0 aliphatic rings. The van der Waals surface area contributed by atoms with Crippen LogP contribution >= 0.6 is 11.6 Å². The number of anilines is 3. The van der Waals surface area contributed by atoms with Crippen molar-refractivity contribution in [1.29, 1.82) is 0 Å². The largest absolute Gasteiger partial charge is 0.494 e. The highest BCUT2D eigenvalue weighted by molar-refractivity contribution is 6.33. The second kappa shape index (κ2) is 5.60. The smallest absolute Gasteiger partial charge is 0.149 e. The van der Waals surface area contributed by atoms with Gasteiger partial charge in [0, 0.05) is 11.8 Å². The highest BCUT2D eigenvalue weighted by atomic mass is 35.5. The Morgan fingerprint density at radius 2 is 2.22 bits per heavy atom. The molecule has 94 valence electrons. The fourth-order valence-corrected chi connectivity index (χ4v) is 1.73. The van der Waals surface area contributed by atoms with Crippen LogP contribution < -0.4 is 15.8 Å². The molecule has 0 radical (unpaired) electrons. The van der Waals surface area contributed by atoms with Crippen LogP contribution in [0.2, 0.25) is 5.02 Å². The first-order chi connectivity index (χ1) is 8.69. The molecule has 0 spiro atoms. The fourth-order valence-electron chi connectivity index (χ4n) is 1.51. The molecule has 0 fully saturated rings. The molecule has 1 heterocycles. The summed E-state index contributed by atoms with van der Waals surface area (Å²) >= 11 is 6.04. The second-order valence-electron chi connectivity index (χ2n) is 3.68. The second-order valence-corrected chi connectivity index (χ2v) is 4.09. The number of nitrogen functional groups attached to an aromatic ring is 1. The van der Waals surface area contributed by atoms with Crippen molar-refractivity contribution >= 4 is 28.8 Å². The maximum atomic E-state index is 6.04. The Balaban J connectivity index is 2.20. The van der Waals surface area contributed by atoms with Gasteiger partial charge in [0.05, 0.1) is 23.5 Å². The van der Waals surface area contributed by atoms with Gasteiger partial charge in [-0.15, -0.1) is 0 Å². The van der Waals surface area contributed by atoms with Crippen LogP contribution in [0.4, 0.5) is 17.2 Å². The van der Waals surface area contributed by atoms with E-state index in [0.717, 1.165) is 11.4 Å². The van der Waals surface area contributed by atoms with Gasteiger partial charge in [0.2, 0.25) is 0 Å². The minimum atomic E-state index is 0.483. The third-order valence-electron chi connectivity index (χ3n) is 2.27. The van der Waals surface area contributed by atoms with Crippen LogP contribution in [-0.2, 0) is 0 Å². The number of aromatic nitrogens is 1. The topological polar surface area (TPSA) is 60.2 Å². The summed E-state index contributed by atoms with van der Waals surface area (Å²) in [7, 11) is 0. The predicted octanol–water partition coefficient (Wildman–Crippen LogP) is 3.46. The summed E-state index contributed by atoms with van der Waals surface area (Å²) in [5.41, 5.74) is 6.99. The van der Waals surface area contributed by atoms with E-state index in [1.807, 2.05) is 31.2 Å². The molecule has 18 heavy (non-hydrogen) atoms. The number of pyridine rings is 1. The van der Waals surface area contributed by atoms with Crippen molar-refractivity contribution in [2.75, 3.05) is 17.7 Å². The molecule has 4 nitrogen and oxygen atoms in total. The number of benzene rings is 1. The highest BCUT2D eigenvalue weighted by Crippen LogP contribution is 2.26. The quantitative estimate of drug-likeness (QED) is 0.887. The number of nitrogens with two attached hydrogens (primary N) is 1. The molecular formula is C13H14ClN3O. The number of rotatable bonds is 4. The monoisotopic (exact) mass is 263 g/mol. The minimum Gasteiger partial charge on any atom is -0.494 e. The number of halogens is 1. The van der Waals surface area contributed by atoms with Gasteiger partial charge in [0.1, 0.15) is 11.6 Å². The molecular weight excluding hydrogens is 250 g/mol. The average Bonchev–Trinajstić information content (AvgIpc) is 2.34. The van der Waals surface area contributed by atoms with E-state index in [1.54, 1.807) is 12.3 Å². The van der Waals surface area contributed by atoms with Gasteiger partial charge in [-0.2, -0.15) is 0 Å². The van der Waals surface area contributed by atoms with Crippen LogP contribution in [0.25, 0.3) is 0 Å². The van der Waals surface area contributed by atoms with Crippen molar-refractivity contribution in [3.05, 3.63) is 41.6 Å². The van der Waals surface area contributed by atoms with Gasteiger partial charge < -0.3 is 15.8 Å². The molecule has 0 bridgehead atoms. The van der Waals surface area contributed by atoms with E-state index in [1.165, 1.54) is 0 Å². The standard InChI is InChI=1S/C13H14ClN3O/c1-2-18-11-5-3-4-10(7-11)17-13-12(14)6-9(15)8-16-13/h3-8H,2,15H2,1H3,(H,16,17).